The van der Waals surface area contributed by atoms with Gasteiger partial charge >= 0.3 is 0 Å². The molecule has 7 heteroatoms. The van der Waals surface area contributed by atoms with Crippen molar-refractivity contribution in [3.05, 3.63) is 95.6 Å². The lowest BCUT2D eigenvalue weighted by molar-refractivity contribution is 0.102. The zero-order chi connectivity index (χ0) is 27.6. The van der Waals surface area contributed by atoms with Gasteiger partial charge in [0.2, 0.25) is 10.0 Å². The summed E-state index contributed by atoms with van der Waals surface area (Å²) in [5.41, 5.74) is 3.61. The molecule has 5 rings (SSSR count). The lowest BCUT2D eigenvalue weighted by Crippen LogP contribution is -2.48. The van der Waals surface area contributed by atoms with E-state index in [1.54, 1.807) is 28.6 Å². The lowest BCUT2D eigenvalue weighted by atomic mass is 9.87. The molecule has 39 heavy (non-hydrogen) atoms. The number of benzene rings is 3. The van der Waals surface area contributed by atoms with Gasteiger partial charge < -0.3 is 5.32 Å². The minimum absolute atomic E-state index is 0.0177. The van der Waals surface area contributed by atoms with Gasteiger partial charge in [0.25, 0.3) is 5.91 Å². The Morgan fingerprint density at radius 3 is 2.00 bits per heavy atom. The van der Waals surface area contributed by atoms with E-state index in [0.717, 1.165) is 50.9 Å². The van der Waals surface area contributed by atoms with Crippen molar-refractivity contribution >= 4 is 21.6 Å². The fraction of sp³-hybridized carbons (Fsp3) is 0.406. The van der Waals surface area contributed by atoms with Gasteiger partial charge in [-0.1, -0.05) is 63.2 Å². The first-order valence-corrected chi connectivity index (χ1v) is 15.4. The Balaban J connectivity index is 1.23. The summed E-state index contributed by atoms with van der Waals surface area (Å²) in [6, 6.07) is 24.7. The number of rotatable bonds is 8. The Kier molecular flexibility index (Phi) is 7.94. The summed E-state index contributed by atoms with van der Waals surface area (Å²) in [6.07, 6.45) is 3.52. The summed E-state index contributed by atoms with van der Waals surface area (Å²) in [7, 11) is -3.63. The van der Waals surface area contributed by atoms with Gasteiger partial charge in [-0.05, 0) is 78.6 Å². The number of hydrogen-bond donors (Lipinski definition) is 1. The van der Waals surface area contributed by atoms with Crippen molar-refractivity contribution in [1.29, 1.82) is 0 Å². The van der Waals surface area contributed by atoms with Crippen LogP contribution < -0.4 is 5.32 Å². The molecule has 0 radical (unpaired) electrons. The second kappa shape index (κ2) is 11.2. The van der Waals surface area contributed by atoms with Crippen molar-refractivity contribution in [2.24, 2.45) is 0 Å². The van der Waals surface area contributed by atoms with Gasteiger partial charge in [-0.2, -0.15) is 4.31 Å². The third kappa shape index (κ3) is 6.60. The normalized spacial score (nSPS) is 17.3. The van der Waals surface area contributed by atoms with E-state index in [1.165, 1.54) is 5.56 Å². The van der Waals surface area contributed by atoms with Crippen LogP contribution in [0.15, 0.2) is 83.8 Å². The molecule has 1 N–H and O–H groups in total. The molecule has 3 aromatic rings. The number of nitrogens with one attached hydrogen (secondary N) is 1. The molecule has 1 saturated carbocycles. The van der Waals surface area contributed by atoms with Crippen molar-refractivity contribution in [2.75, 3.05) is 18.4 Å². The number of piperidine rings is 1. The topological polar surface area (TPSA) is 69.7 Å². The first kappa shape index (κ1) is 27.6. The van der Waals surface area contributed by atoms with Crippen LogP contribution in [0.5, 0.6) is 0 Å². The van der Waals surface area contributed by atoms with E-state index in [4.69, 9.17) is 0 Å². The van der Waals surface area contributed by atoms with Crippen molar-refractivity contribution < 1.29 is 13.2 Å². The summed E-state index contributed by atoms with van der Waals surface area (Å²) >= 11 is 0. The van der Waals surface area contributed by atoms with Gasteiger partial charge in [-0.15, -0.1) is 0 Å². The molecule has 1 saturated heterocycles. The number of anilines is 1. The maximum absolute atomic E-state index is 13.8. The highest BCUT2D eigenvalue weighted by Gasteiger charge is 2.43. The lowest BCUT2D eigenvalue weighted by Gasteiger charge is -2.38. The number of hydrogen-bond acceptors (Lipinski definition) is 4. The van der Waals surface area contributed by atoms with Crippen LogP contribution in [0.4, 0.5) is 5.69 Å². The minimum atomic E-state index is -3.63. The largest absolute Gasteiger partial charge is 0.322 e. The van der Waals surface area contributed by atoms with Gasteiger partial charge in [-0.25, -0.2) is 8.42 Å². The fourth-order valence-corrected chi connectivity index (χ4v) is 7.28. The molecule has 1 aliphatic carbocycles. The summed E-state index contributed by atoms with van der Waals surface area (Å²) in [5.74, 6) is -0.215. The molecule has 0 unspecified atom stereocenters. The van der Waals surface area contributed by atoms with Gasteiger partial charge in [-0.3, -0.25) is 9.69 Å². The maximum Gasteiger partial charge on any atom is 0.255 e. The monoisotopic (exact) mass is 545 g/mol. The fourth-order valence-electron chi connectivity index (χ4n) is 5.35. The van der Waals surface area contributed by atoms with E-state index in [9.17, 15) is 13.2 Å². The summed E-state index contributed by atoms with van der Waals surface area (Å²) in [5, 5.41) is 2.89. The second-order valence-corrected chi connectivity index (χ2v) is 13.7. The minimum Gasteiger partial charge on any atom is -0.322 e. The van der Waals surface area contributed by atoms with Crippen LogP contribution in [0.2, 0.25) is 0 Å². The van der Waals surface area contributed by atoms with E-state index >= 15 is 0 Å². The molecule has 206 valence electrons. The van der Waals surface area contributed by atoms with E-state index in [0.29, 0.717) is 11.3 Å². The van der Waals surface area contributed by atoms with Crippen LogP contribution >= 0.6 is 0 Å². The SMILES string of the molecule is CC(C)(C)c1ccc(C(=O)Nc2ccc(S(=O)(=O)N(C3CC3)C3CCN(Cc4ccccc4)CC3)cc2)cc1. The first-order valence-electron chi connectivity index (χ1n) is 13.9. The zero-order valence-corrected chi connectivity index (χ0v) is 24.0. The molecule has 1 heterocycles. The van der Waals surface area contributed by atoms with Crippen LogP contribution in [0.25, 0.3) is 0 Å². The molecule has 1 amide bonds. The number of amides is 1. The molecule has 6 nitrogen and oxygen atoms in total. The van der Waals surface area contributed by atoms with Gasteiger partial charge in [0.15, 0.2) is 0 Å². The molecule has 0 aromatic heterocycles. The Hall–Kier alpha value is -3.00. The number of carbonyl (C=O) groups excluding carboxylic acids is 1. The van der Waals surface area contributed by atoms with E-state index < -0.39 is 10.0 Å². The second-order valence-electron chi connectivity index (χ2n) is 11.9. The van der Waals surface area contributed by atoms with Crippen LogP contribution in [0.1, 0.15) is 67.9 Å². The Labute approximate surface area is 233 Å². The molecule has 0 atom stereocenters. The third-order valence-corrected chi connectivity index (χ3v) is 9.79. The van der Waals surface area contributed by atoms with Gasteiger partial charge in [0, 0.05) is 43.0 Å². The third-order valence-electron chi connectivity index (χ3n) is 7.77. The highest BCUT2D eigenvalue weighted by atomic mass is 32.2. The van der Waals surface area contributed by atoms with Gasteiger partial charge in [0.05, 0.1) is 4.90 Å². The molecule has 0 spiro atoms. The molecular weight excluding hydrogens is 506 g/mol. The van der Waals surface area contributed by atoms with Crippen molar-refractivity contribution in [2.45, 2.75) is 75.4 Å². The number of nitrogens with zero attached hydrogens (tertiary/aromatic N) is 2. The maximum atomic E-state index is 13.8. The van der Waals surface area contributed by atoms with E-state index in [1.807, 2.05) is 30.3 Å². The number of carbonyl (C=O) groups is 1. The molecule has 2 fully saturated rings. The van der Waals surface area contributed by atoms with Crippen LogP contribution in [-0.2, 0) is 22.0 Å². The highest BCUT2D eigenvalue weighted by molar-refractivity contribution is 7.89. The molecule has 2 aliphatic rings. The standard InChI is InChI=1S/C32H39N3O3S/c1-32(2,3)26-11-9-25(10-12-26)31(36)33-27-13-17-30(18-14-27)39(37,38)35(28-15-16-28)29-19-21-34(22-20-29)23-24-7-5-4-6-8-24/h4-14,17-18,28-29H,15-16,19-23H2,1-3H3,(H,33,36). The molecule has 3 aromatic carbocycles. The smallest absolute Gasteiger partial charge is 0.255 e. The van der Waals surface area contributed by atoms with Gasteiger partial charge in [0.1, 0.15) is 0 Å². The van der Waals surface area contributed by atoms with E-state index in [-0.39, 0.29) is 28.3 Å². The Morgan fingerprint density at radius 2 is 1.44 bits per heavy atom. The number of likely N-dealkylation sites (tertiary alicyclic amines) is 1. The van der Waals surface area contributed by atoms with Crippen LogP contribution in [0, 0.1) is 0 Å². The Morgan fingerprint density at radius 1 is 0.846 bits per heavy atom. The quantitative estimate of drug-likeness (QED) is 0.374. The molecule has 0 bridgehead atoms. The summed E-state index contributed by atoms with van der Waals surface area (Å²) in [6.45, 7) is 9.09. The average molecular weight is 546 g/mol. The Bertz CT molecular complexity index is 1370. The average Bonchev–Trinajstić information content (AvgIpc) is 3.75. The van der Waals surface area contributed by atoms with Crippen molar-refractivity contribution in [3.8, 4) is 0 Å². The molecular formula is C32H39N3O3S. The van der Waals surface area contributed by atoms with Crippen LogP contribution in [0.3, 0.4) is 0 Å². The summed E-state index contributed by atoms with van der Waals surface area (Å²) in [4.78, 5) is 15.5. The predicted molar refractivity (Wildman–Crippen MR) is 156 cm³/mol. The van der Waals surface area contributed by atoms with Crippen molar-refractivity contribution in [3.63, 3.8) is 0 Å². The number of sulfonamides is 1. The molecule has 1 aliphatic heterocycles. The zero-order valence-electron chi connectivity index (χ0n) is 23.1. The van der Waals surface area contributed by atoms with Crippen molar-refractivity contribution in [1.82, 2.24) is 9.21 Å². The first-order chi connectivity index (χ1) is 18.6. The van der Waals surface area contributed by atoms with E-state index in [2.05, 4.69) is 55.3 Å². The summed E-state index contributed by atoms with van der Waals surface area (Å²) < 4.78 is 29.3. The predicted octanol–water partition coefficient (Wildman–Crippen LogP) is 6.05. The highest BCUT2D eigenvalue weighted by Crippen LogP contribution is 2.37. The van der Waals surface area contributed by atoms with Crippen LogP contribution in [-0.4, -0.2) is 48.7 Å².